The fourth-order valence-corrected chi connectivity index (χ4v) is 1.31. The summed E-state index contributed by atoms with van der Waals surface area (Å²) >= 11 is 0. The summed E-state index contributed by atoms with van der Waals surface area (Å²) in [6.45, 7) is 3.78. The van der Waals surface area contributed by atoms with Crippen LogP contribution in [0.25, 0.3) is 0 Å². The van der Waals surface area contributed by atoms with Crippen molar-refractivity contribution in [2.75, 3.05) is 0 Å². The number of carbonyl (C=O) groups is 1. The van der Waals surface area contributed by atoms with Gasteiger partial charge in [0.2, 0.25) is 5.91 Å². The van der Waals surface area contributed by atoms with Gasteiger partial charge in [-0.05, 0) is 13.3 Å². The molecule has 1 unspecified atom stereocenters. The van der Waals surface area contributed by atoms with E-state index in [9.17, 15) is 14.4 Å². The topological polar surface area (TPSA) is 73.1 Å². The molecule has 6 heteroatoms. The lowest BCUT2D eigenvalue weighted by atomic mass is 10.2. The van der Waals surface area contributed by atoms with Crippen LogP contribution in [0, 0.1) is 0 Å². The van der Waals surface area contributed by atoms with Gasteiger partial charge in [-0.2, -0.15) is 0 Å². The molecule has 0 spiro atoms. The number of amides is 1. The van der Waals surface area contributed by atoms with Crippen molar-refractivity contribution >= 4 is 5.91 Å². The van der Waals surface area contributed by atoms with Crippen molar-refractivity contribution in [3.05, 3.63) is 33.1 Å². The lowest BCUT2D eigenvalue weighted by Crippen LogP contribution is -2.41. The molecule has 0 saturated carbocycles. The van der Waals surface area contributed by atoms with E-state index in [2.05, 4.69) is 5.32 Å². The molecule has 1 N–H and O–H groups in total. The third-order valence-electron chi connectivity index (χ3n) is 2.59. The van der Waals surface area contributed by atoms with E-state index in [1.807, 2.05) is 13.8 Å². The molecule has 17 heavy (non-hydrogen) atoms. The zero-order valence-corrected chi connectivity index (χ0v) is 10.3. The molecule has 1 aromatic rings. The van der Waals surface area contributed by atoms with Crippen molar-refractivity contribution < 1.29 is 4.79 Å². The first-order valence-corrected chi connectivity index (χ1v) is 5.51. The lowest BCUT2D eigenvalue weighted by molar-refractivity contribution is -0.122. The molecule has 0 saturated heterocycles. The summed E-state index contributed by atoms with van der Waals surface area (Å²) in [4.78, 5) is 34.3. The predicted molar refractivity (Wildman–Crippen MR) is 63.8 cm³/mol. The zero-order valence-electron chi connectivity index (χ0n) is 10.3. The minimum Gasteiger partial charge on any atom is -0.352 e. The number of hydrogen-bond acceptors (Lipinski definition) is 3. The average molecular weight is 239 g/mol. The van der Waals surface area contributed by atoms with Gasteiger partial charge >= 0.3 is 5.69 Å². The summed E-state index contributed by atoms with van der Waals surface area (Å²) in [7, 11) is 1.38. The Morgan fingerprint density at radius 2 is 2.12 bits per heavy atom. The van der Waals surface area contributed by atoms with Crippen LogP contribution in [0.2, 0.25) is 0 Å². The molecule has 0 bridgehead atoms. The molecule has 1 aromatic heterocycles. The summed E-state index contributed by atoms with van der Waals surface area (Å²) < 4.78 is 2.18. The van der Waals surface area contributed by atoms with Gasteiger partial charge in [0.05, 0.1) is 0 Å². The summed E-state index contributed by atoms with van der Waals surface area (Å²) in [6, 6.07) is 1.34. The maximum atomic E-state index is 11.6. The van der Waals surface area contributed by atoms with Crippen LogP contribution < -0.4 is 16.6 Å². The summed E-state index contributed by atoms with van der Waals surface area (Å²) in [6.07, 6.45) is 2.16. The number of rotatable bonds is 4. The Labute approximate surface area is 98.9 Å². The molecule has 0 aliphatic heterocycles. The van der Waals surface area contributed by atoms with Gasteiger partial charge in [-0.3, -0.25) is 18.7 Å². The van der Waals surface area contributed by atoms with E-state index >= 15 is 0 Å². The van der Waals surface area contributed by atoms with Gasteiger partial charge in [0.25, 0.3) is 5.56 Å². The number of nitrogens with zero attached hydrogens (tertiary/aromatic N) is 2. The Balaban J connectivity index is 2.83. The highest BCUT2D eigenvalue weighted by Crippen LogP contribution is 1.88. The quantitative estimate of drug-likeness (QED) is 0.767. The van der Waals surface area contributed by atoms with Gasteiger partial charge in [0.15, 0.2) is 0 Å². The van der Waals surface area contributed by atoms with Gasteiger partial charge in [-0.1, -0.05) is 6.92 Å². The van der Waals surface area contributed by atoms with E-state index in [0.29, 0.717) is 0 Å². The van der Waals surface area contributed by atoms with E-state index in [-0.39, 0.29) is 24.1 Å². The van der Waals surface area contributed by atoms with Crippen molar-refractivity contribution in [1.82, 2.24) is 14.5 Å². The predicted octanol–water partition coefficient (Wildman–Crippen LogP) is -0.538. The molecule has 0 aromatic carbocycles. The van der Waals surface area contributed by atoms with Gasteiger partial charge in [-0.25, -0.2) is 4.79 Å². The number of aromatic nitrogens is 2. The molecule has 6 nitrogen and oxygen atoms in total. The standard InChI is InChI=1S/C11H17N3O3/c1-4-8(2)12-9(15)7-14-6-5-10(16)13(3)11(14)17/h5-6,8H,4,7H2,1-3H3,(H,12,15). The SMILES string of the molecule is CCC(C)NC(=O)Cn1ccc(=O)n(C)c1=O. The van der Waals surface area contributed by atoms with E-state index < -0.39 is 5.69 Å². The van der Waals surface area contributed by atoms with Crippen LogP contribution in [0.15, 0.2) is 21.9 Å². The van der Waals surface area contributed by atoms with Gasteiger partial charge in [0, 0.05) is 25.4 Å². The highest BCUT2D eigenvalue weighted by molar-refractivity contribution is 5.75. The molecule has 94 valence electrons. The smallest absolute Gasteiger partial charge is 0.331 e. The summed E-state index contributed by atoms with van der Waals surface area (Å²) in [5.74, 6) is -0.236. The van der Waals surface area contributed by atoms with E-state index in [0.717, 1.165) is 11.0 Å². The van der Waals surface area contributed by atoms with E-state index in [1.54, 1.807) is 0 Å². The first kappa shape index (κ1) is 13.2. The summed E-state index contributed by atoms with van der Waals surface area (Å²) in [5.41, 5.74) is -0.870. The van der Waals surface area contributed by atoms with Crippen LogP contribution >= 0.6 is 0 Å². The van der Waals surface area contributed by atoms with Crippen molar-refractivity contribution in [2.45, 2.75) is 32.9 Å². The second-order valence-corrected chi connectivity index (χ2v) is 4.00. The average Bonchev–Trinajstić information content (AvgIpc) is 2.29. The van der Waals surface area contributed by atoms with Crippen LogP contribution in [0.4, 0.5) is 0 Å². The van der Waals surface area contributed by atoms with Crippen LogP contribution in [0.3, 0.4) is 0 Å². The Hall–Kier alpha value is -1.85. The monoisotopic (exact) mass is 239 g/mol. The first-order chi connectivity index (χ1) is 7.95. The zero-order chi connectivity index (χ0) is 13.0. The van der Waals surface area contributed by atoms with Crippen LogP contribution in [0.1, 0.15) is 20.3 Å². The lowest BCUT2D eigenvalue weighted by Gasteiger charge is -2.12. The summed E-state index contributed by atoms with van der Waals surface area (Å²) in [5, 5.41) is 2.75. The second-order valence-electron chi connectivity index (χ2n) is 4.00. The van der Waals surface area contributed by atoms with Gasteiger partial charge < -0.3 is 5.32 Å². The minimum absolute atomic E-state index is 0.0721. The van der Waals surface area contributed by atoms with Gasteiger partial charge in [-0.15, -0.1) is 0 Å². The Morgan fingerprint density at radius 1 is 1.47 bits per heavy atom. The molecule has 1 rings (SSSR count). The fourth-order valence-electron chi connectivity index (χ4n) is 1.31. The normalized spacial score (nSPS) is 12.2. The highest BCUT2D eigenvalue weighted by Gasteiger charge is 2.08. The molecule has 0 fully saturated rings. The van der Waals surface area contributed by atoms with Crippen molar-refractivity contribution in [3.8, 4) is 0 Å². The van der Waals surface area contributed by atoms with Crippen LogP contribution in [-0.4, -0.2) is 21.1 Å². The minimum atomic E-state index is -0.489. The maximum absolute atomic E-state index is 11.6. The third kappa shape index (κ3) is 3.30. The largest absolute Gasteiger partial charge is 0.352 e. The molecule has 1 amide bonds. The fraction of sp³-hybridized carbons (Fsp3) is 0.545. The number of carbonyl (C=O) groups excluding carboxylic acids is 1. The van der Waals surface area contributed by atoms with Gasteiger partial charge in [0.1, 0.15) is 6.54 Å². The molecule has 1 atom stereocenters. The molecular formula is C11H17N3O3. The van der Waals surface area contributed by atoms with E-state index in [1.165, 1.54) is 23.9 Å². The molecular weight excluding hydrogens is 222 g/mol. The number of hydrogen-bond donors (Lipinski definition) is 1. The Bertz CT molecular complexity index is 515. The van der Waals surface area contributed by atoms with E-state index in [4.69, 9.17) is 0 Å². The van der Waals surface area contributed by atoms with Crippen molar-refractivity contribution in [1.29, 1.82) is 0 Å². The van der Waals surface area contributed by atoms with Crippen molar-refractivity contribution in [3.63, 3.8) is 0 Å². The highest BCUT2D eigenvalue weighted by atomic mass is 16.2. The molecule has 0 radical (unpaired) electrons. The molecule has 0 aliphatic rings. The Kier molecular flexibility index (Phi) is 4.25. The third-order valence-corrected chi connectivity index (χ3v) is 2.59. The number of nitrogens with one attached hydrogen (secondary N) is 1. The van der Waals surface area contributed by atoms with Crippen molar-refractivity contribution in [2.24, 2.45) is 7.05 Å². The molecule has 1 heterocycles. The maximum Gasteiger partial charge on any atom is 0.331 e. The van der Waals surface area contributed by atoms with Crippen LogP contribution in [-0.2, 0) is 18.4 Å². The first-order valence-electron chi connectivity index (χ1n) is 5.51. The Morgan fingerprint density at radius 3 is 2.71 bits per heavy atom. The second kappa shape index (κ2) is 5.47. The molecule has 0 aliphatic carbocycles. The van der Waals surface area contributed by atoms with Crippen LogP contribution in [0.5, 0.6) is 0 Å².